The van der Waals surface area contributed by atoms with Crippen molar-refractivity contribution in [3.05, 3.63) is 32.3 Å². The Morgan fingerprint density at radius 2 is 2.20 bits per heavy atom. The molecule has 1 rings (SSSR count). The zero-order chi connectivity index (χ0) is 11.6. The topological polar surface area (TPSA) is 110 Å². The molecule has 7 heteroatoms. The Bertz CT molecular complexity index is 396. The molecule has 0 radical (unpaired) electrons. The van der Waals surface area contributed by atoms with Crippen molar-refractivity contribution in [2.45, 2.75) is 6.04 Å². The number of benzene rings is 1. The Kier molecular flexibility index (Phi) is 3.61. The van der Waals surface area contributed by atoms with Crippen LogP contribution in [0.4, 0.5) is 5.69 Å². The first-order valence-electron chi connectivity index (χ1n) is 4.00. The fourth-order valence-corrected chi connectivity index (χ4v) is 1.58. The van der Waals surface area contributed by atoms with Crippen LogP contribution in [0, 0.1) is 10.1 Å². The molecule has 0 aliphatic rings. The number of nitro benzene ring substituents is 1. The Hall–Kier alpha value is -1.18. The van der Waals surface area contributed by atoms with Crippen LogP contribution in [0.2, 0.25) is 0 Å². The van der Waals surface area contributed by atoms with Gasteiger partial charge in [0.2, 0.25) is 0 Å². The average molecular weight is 277 g/mol. The first-order valence-corrected chi connectivity index (χ1v) is 4.80. The summed E-state index contributed by atoms with van der Waals surface area (Å²) in [5.41, 5.74) is 5.41. The smallest absolute Gasteiger partial charge is 0.284 e. The number of hydrogen-bond donors (Lipinski definition) is 3. The number of nitrogens with two attached hydrogens (primary N) is 1. The maximum absolute atomic E-state index is 10.6. The molecule has 1 atom stereocenters. The van der Waals surface area contributed by atoms with Crippen LogP contribution >= 0.6 is 15.9 Å². The van der Waals surface area contributed by atoms with Crippen molar-refractivity contribution < 1.29 is 15.1 Å². The largest absolute Gasteiger partial charge is 0.508 e. The van der Waals surface area contributed by atoms with Gasteiger partial charge in [0.05, 0.1) is 22.0 Å². The number of rotatable bonds is 3. The first-order chi connectivity index (χ1) is 6.97. The zero-order valence-electron chi connectivity index (χ0n) is 7.55. The van der Waals surface area contributed by atoms with Crippen molar-refractivity contribution in [2.24, 2.45) is 5.73 Å². The molecule has 15 heavy (non-hydrogen) atoms. The maximum atomic E-state index is 10.6. The number of aliphatic hydroxyl groups excluding tert-OH is 1. The fourth-order valence-electron chi connectivity index (χ4n) is 1.10. The molecule has 4 N–H and O–H groups in total. The lowest BCUT2D eigenvalue weighted by molar-refractivity contribution is -0.385. The third kappa shape index (κ3) is 2.44. The van der Waals surface area contributed by atoms with E-state index in [9.17, 15) is 15.2 Å². The van der Waals surface area contributed by atoms with Crippen molar-refractivity contribution in [1.29, 1.82) is 0 Å². The lowest BCUT2D eigenvalue weighted by atomic mass is 10.1. The van der Waals surface area contributed by atoms with E-state index in [4.69, 9.17) is 10.8 Å². The average Bonchev–Trinajstić information content (AvgIpc) is 2.16. The van der Waals surface area contributed by atoms with Crippen molar-refractivity contribution in [1.82, 2.24) is 0 Å². The van der Waals surface area contributed by atoms with E-state index in [1.54, 1.807) is 0 Å². The lowest BCUT2D eigenvalue weighted by Crippen LogP contribution is -2.14. The number of nitro groups is 1. The summed E-state index contributed by atoms with van der Waals surface area (Å²) in [6.45, 7) is -0.396. The number of phenolic OH excluding ortho intramolecular Hbond substituents is 1. The summed E-state index contributed by atoms with van der Waals surface area (Å²) in [4.78, 5) is 9.99. The van der Waals surface area contributed by atoms with E-state index in [0.29, 0.717) is 0 Å². The molecule has 1 aromatic rings. The molecular formula is C8H9BrN2O4. The molecule has 0 amide bonds. The summed E-state index contributed by atoms with van der Waals surface area (Å²) < 4.78 is 0.166. The molecule has 0 saturated heterocycles. The third-order valence-corrected chi connectivity index (χ3v) is 2.52. The van der Waals surface area contributed by atoms with Crippen LogP contribution in [0.1, 0.15) is 11.6 Å². The molecule has 82 valence electrons. The molecule has 0 aliphatic carbocycles. The van der Waals surface area contributed by atoms with Crippen molar-refractivity contribution in [3.8, 4) is 5.75 Å². The quantitative estimate of drug-likeness (QED) is 0.565. The second kappa shape index (κ2) is 4.56. The Balaban J connectivity index is 3.29. The minimum absolute atomic E-state index is 0.146. The van der Waals surface area contributed by atoms with E-state index in [0.717, 1.165) is 6.07 Å². The van der Waals surface area contributed by atoms with Gasteiger partial charge in [0.25, 0.3) is 5.69 Å². The van der Waals surface area contributed by atoms with Gasteiger partial charge in [-0.1, -0.05) is 0 Å². The molecule has 0 bridgehead atoms. The second-order valence-corrected chi connectivity index (χ2v) is 3.76. The van der Waals surface area contributed by atoms with Gasteiger partial charge in [-0.2, -0.15) is 0 Å². The van der Waals surface area contributed by atoms with E-state index in [-0.39, 0.29) is 21.5 Å². The van der Waals surface area contributed by atoms with E-state index < -0.39 is 17.6 Å². The highest BCUT2D eigenvalue weighted by Gasteiger charge is 2.19. The Labute approximate surface area is 93.6 Å². The molecule has 0 heterocycles. The summed E-state index contributed by atoms with van der Waals surface area (Å²) in [5.74, 6) is -0.186. The van der Waals surface area contributed by atoms with Gasteiger partial charge in [0, 0.05) is 17.7 Å². The summed E-state index contributed by atoms with van der Waals surface area (Å²) >= 11 is 2.95. The van der Waals surface area contributed by atoms with Crippen LogP contribution in [0.15, 0.2) is 16.6 Å². The number of halogens is 1. The minimum Gasteiger partial charge on any atom is -0.508 e. The standard InChI is InChI=1S/C8H9BrN2O4/c9-5-2-8(13)4(6(10)3-12)1-7(5)11(14)15/h1-2,6,12-13H,3,10H2/t6-/m1/s1. The predicted molar refractivity (Wildman–Crippen MR) is 56.5 cm³/mol. The van der Waals surface area contributed by atoms with Crippen LogP contribution in [0.5, 0.6) is 5.75 Å². The number of nitrogens with zero attached hydrogens (tertiary/aromatic N) is 1. The molecule has 0 unspecified atom stereocenters. The maximum Gasteiger partial charge on any atom is 0.284 e. The molecular weight excluding hydrogens is 268 g/mol. The Morgan fingerprint density at radius 1 is 1.60 bits per heavy atom. The van der Waals surface area contributed by atoms with Gasteiger partial charge in [-0.15, -0.1) is 0 Å². The number of aliphatic hydroxyl groups is 1. The van der Waals surface area contributed by atoms with Crippen molar-refractivity contribution >= 4 is 21.6 Å². The second-order valence-electron chi connectivity index (χ2n) is 2.91. The van der Waals surface area contributed by atoms with Crippen LogP contribution in [0.25, 0.3) is 0 Å². The molecule has 0 aliphatic heterocycles. The fraction of sp³-hybridized carbons (Fsp3) is 0.250. The van der Waals surface area contributed by atoms with E-state index in [2.05, 4.69) is 15.9 Å². The minimum atomic E-state index is -0.836. The van der Waals surface area contributed by atoms with Gasteiger partial charge < -0.3 is 15.9 Å². The number of aromatic hydroxyl groups is 1. The molecule has 1 aromatic carbocycles. The monoisotopic (exact) mass is 276 g/mol. The summed E-state index contributed by atoms with van der Waals surface area (Å²) in [5, 5.41) is 28.8. The number of phenols is 1. The van der Waals surface area contributed by atoms with Crippen molar-refractivity contribution in [3.63, 3.8) is 0 Å². The summed E-state index contributed by atoms with van der Waals surface area (Å²) in [7, 11) is 0. The van der Waals surface area contributed by atoms with Gasteiger partial charge in [-0.05, 0) is 15.9 Å². The molecule has 6 nitrogen and oxygen atoms in total. The van der Waals surface area contributed by atoms with Gasteiger partial charge in [0.15, 0.2) is 0 Å². The zero-order valence-corrected chi connectivity index (χ0v) is 9.14. The third-order valence-electron chi connectivity index (χ3n) is 1.89. The van der Waals surface area contributed by atoms with Gasteiger partial charge in [-0.25, -0.2) is 0 Å². The molecule has 0 saturated carbocycles. The van der Waals surface area contributed by atoms with E-state index in [1.165, 1.54) is 6.07 Å². The van der Waals surface area contributed by atoms with Crippen LogP contribution in [0.3, 0.4) is 0 Å². The van der Waals surface area contributed by atoms with Gasteiger partial charge >= 0.3 is 0 Å². The van der Waals surface area contributed by atoms with Crippen LogP contribution < -0.4 is 5.73 Å². The molecule has 0 fully saturated rings. The van der Waals surface area contributed by atoms with Crippen LogP contribution in [-0.2, 0) is 0 Å². The van der Waals surface area contributed by atoms with Crippen LogP contribution in [-0.4, -0.2) is 21.7 Å². The summed E-state index contributed by atoms with van der Waals surface area (Å²) in [6, 6.07) is 1.49. The lowest BCUT2D eigenvalue weighted by Gasteiger charge is -2.10. The highest BCUT2D eigenvalue weighted by molar-refractivity contribution is 9.10. The van der Waals surface area contributed by atoms with Crippen molar-refractivity contribution in [2.75, 3.05) is 6.61 Å². The number of hydrogen-bond acceptors (Lipinski definition) is 5. The van der Waals surface area contributed by atoms with E-state index >= 15 is 0 Å². The SMILES string of the molecule is N[C@H](CO)c1cc([N+](=O)[O-])c(Br)cc1O. The first kappa shape index (κ1) is 11.9. The highest BCUT2D eigenvalue weighted by Crippen LogP contribution is 2.34. The molecule has 0 spiro atoms. The predicted octanol–water partition coefficient (Wildman–Crippen LogP) is 1.05. The Morgan fingerprint density at radius 3 is 2.67 bits per heavy atom. The van der Waals surface area contributed by atoms with Gasteiger partial charge in [0.1, 0.15) is 5.75 Å². The van der Waals surface area contributed by atoms with E-state index in [1.807, 2.05) is 0 Å². The summed E-state index contributed by atoms with van der Waals surface area (Å²) in [6.07, 6.45) is 0. The normalized spacial score (nSPS) is 12.5. The van der Waals surface area contributed by atoms with Gasteiger partial charge in [-0.3, -0.25) is 10.1 Å². The highest BCUT2D eigenvalue weighted by atomic mass is 79.9. The molecule has 0 aromatic heterocycles.